The van der Waals surface area contributed by atoms with Gasteiger partial charge in [-0.1, -0.05) is 23.9 Å². The number of thioether (sulfide) groups is 1. The molecule has 2 aromatic heterocycles. The number of rotatable bonds is 4. The number of aromatic amines is 1. The number of hydrogen-bond acceptors (Lipinski definition) is 7. The quantitative estimate of drug-likeness (QED) is 0.324. The Labute approximate surface area is 140 Å². The van der Waals surface area contributed by atoms with Crippen LogP contribution in [0.2, 0.25) is 0 Å². The van der Waals surface area contributed by atoms with Crippen LogP contribution in [0.5, 0.6) is 5.75 Å². The van der Waals surface area contributed by atoms with Crippen molar-refractivity contribution in [2.75, 3.05) is 6.26 Å². The van der Waals surface area contributed by atoms with E-state index in [9.17, 15) is 14.7 Å². The molecule has 3 aromatic rings. The molecule has 120 valence electrons. The van der Waals surface area contributed by atoms with Crippen molar-refractivity contribution in [1.82, 2.24) is 19.9 Å². The molecule has 7 nitrogen and oxygen atoms in total. The van der Waals surface area contributed by atoms with Crippen LogP contribution in [0.25, 0.3) is 17.2 Å². The van der Waals surface area contributed by atoms with Crippen molar-refractivity contribution in [3.05, 3.63) is 58.1 Å². The van der Waals surface area contributed by atoms with E-state index in [0.717, 1.165) is 0 Å². The van der Waals surface area contributed by atoms with Gasteiger partial charge in [-0.3, -0.25) is 14.6 Å². The van der Waals surface area contributed by atoms with Crippen molar-refractivity contribution >= 4 is 34.8 Å². The summed E-state index contributed by atoms with van der Waals surface area (Å²) < 4.78 is 0. The van der Waals surface area contributed by atoms with E-state index in [1.807, 2.05) is 0 Å². The first-order chi connectivity index (χ1) is 11.6. The SMILES string of the molecule is CSc1nc2ncc(/C=C/C(=O)c3ccccc3O)nc2c(=O)[nH]1. The minimum absolute atomic E-state index is 0.0954. The first kappa shape index (κ1) is 15.9. The van der Waals surface area contributed by atoms with Crippen molar-refractivity contribution in [2.45, 2.75) is 5.16 Å². The van der Waals surface area contributed by atoms with Crippen LogP contribution in [-0.2, 0) is 0 Å². The van der Waals surface area contributed by atoms with Crippen molar-refractivity contribution in [2.24, 2.45) is 0 Å². The number of benzene rings is 1. The number of phenolic OH excluding ortho intramolecular Hbond substituents is 1. The minimum Gasteiger partial charge on any atom is -0.507 e. The van der Waals surface area contributed by atoms with Gasteiger partial charge in [0.15, 0.2) is 22.1 Å². The standard InChI is InChI=1S/C16H12N4O3S/c1-24-16-19-14-13(15(23)20-16)18-9(8-17-14)6-7-12(22)10-4-2-3-5-11(10)21/h2-8,21H,1H3,(H,17,19,20,23)/b7-6+. The van der Waals surface area contributed by atoms with Gasteiger partial charge in [0.2, 0.25) is 0 Å². The minimum atomic E-state index is -0.390. The second-order valence-electron chi connectivity index (χ2n) is 4.76. The van der Waals surface area contributed by atoms with Gasteiger partial charge in [0.05, 0.1) is 17.5 Å². The molecular weight excluding hydrogens is 328 g/mol. The van der Waals surface area contributed by atoms with Gasteiger partial charge in [-0.2, -0.15) is 0 Å². The van der Waals surface area contributed by atoms with Crippen molar-refractivity contribution in [3.63, 3.8) is 0 Å². The molecular formula is C16H12N4O3S. The first-order valence-electron chi connectivity index (χ1n) is 6.90. The number of aromatic hydroxyl groups is 1. The summed E-state index contributed by atoms with van der Waals surface area (Å²) in [5.74, 6) is -0.471. The lowest BCUT2D eigenvalue weighted by molar-refractivity contribution is 0.104. The van der Waals surface area contributed by atoms with Gasteiger partial charge >= 0.3 is 0 Å². The van der Waals surface area contributed by atoms with Gasteiger partial charge in [0, 0.05) is 0 Å². The molecule has 0 atom stereocenters. The number of nitrogens with zero attached hydrogens (tertiary/aromatic N) is 3. The third kappa shape index (κ3) is 3.18. The molecule has 8 heteroatoms. The van der Waals surface area contributed by atoms with E-state index in [0.29, 0.717) is 10.9 Å². The van der Waals surface area contributed by atoms with Gasteiger partial charge in [-0.05, 0) is 30.5 Å². The van der Waals surface area contributed by atoms with E-state index in [-0.39, 0.29) is 33.8 Å². The normalized spacial score (nSPS) is 11.2. The Hall–Kier alpha value is -3.00. The largest absolute Gasteiger partial charge is 0.507 e. The third-order valence-electron chi connectivity index (χ3n) is 3.18. The van der Waals surface area contributed by atoms with Crippen LogP contribution in [0.3, 0.4) is 0 Å². The molecule has 0 saturated heterocycles. The Morgan fingerprint density at radius 3 is 2.83 bits per heavy atom. The average Bonchev–Trinajstić information content (AvgIpc) is 2.60. The van der Waals surface area contributed by atoms with Crippen LogP contribution in [0.1, 0.15) is 16.1 Å². The monoisotopic (exact) mass is 340 g/mol. The summed E-state index contributed by atoms with van der Waals surface area (Å²) in [4.78, 5) is 39.1. The zero-order valence-corrected chi connectivity index (χ0v) is 13.4. The molecule has 0 radical (unpaired) electrons. The van der Waals surface area contributed by atoms with Crippen molar-refractivity contribution in [1.29, 1.82) is 0 Å². The molecule has 0 saturated carbocycles. The summed E-state index contributed by atoms with van der Waals surface area (Å²) >= 11 is 1.30. The predicted octanol–water partition coefficient (Wildman–Crippen LogP) is 2.04. The number of aromatic nitrogens is 4. The number of nitrogens with one attached hydrogen (secondary N) is 1. The molecule has 0 bridgehead atoms. The van der Waals surface area contributed by atoms with Crippen molar-refractivity contribution < 1.29 is 9.90 Å². The lowest BCUT2D eigenvalue weighted by Crippen LogP contribution is -2.12. The third-order valence-corrected chi connectivity index (χ3v) is 3.76. The number of phenols is 1. The summed E-state index contributed by atoms with van der Waals surface area (Å²) in [6.07, 6.45) is 5.92. The molecule has 0 aliphatic rings. The number of hydrogen-bond donors (Lipinski definition) is 2. The van der Waals surface area contributed by atoms with Crippen LogP contribution >= 0.6 is 11.8 Å². The molecule has 0 amide bonds. The maximum atomic E-state index is 12.1. The fourth-order valence-electron chi connectivity index (χ4n) is 2.02. The molecule has 2 N–H and O–H groups in total. The van der Waals surface area contributed by atoms with Gasteiger partial charge < -0.3 is 5.11 Å². The smallest absolute Gasteiger partial charge is 0.279 e. The van der Waals surface area contributed by atoms with Gasteiger partial charge in [-0.25, -0.2) is 15.0 Å². The Kier molecular flexibility index (Phi) is 4.39. The highest BCUT2D eigenvalue weighted by Crippen LogP contribution is 2.17. The highest BCUT2D eigenvalue weighted by molar-refractivity contribution is 7.98. The second kappa shape index (κ2) is 6.63. The highest BCUT2D eigenvalue weighted by Gasteiger charge is 2.08. The fraction of sp³-hybridized carbons (Fsp3) is 0.0625. The van der Waals surface area contributed by atoms with E-state index >= 15 is 0 Å². The fourth-order valence-corrected chi connectivity index (χ4v) is 2.39. The molecule has 24 heavy (non-hydrogen) atoms. The number of allylic oxidation sites excluding steroid dienone is 1. The Morgan fingerprint density at radius 1 is 1.29 bits per heavy atom. The topological polar surface area (TPSA) is 109 Å². The van der Waals surface area contributed by atoms with E-state index in [2.05, 4.69) is 19.9 Å². The Bertz CT molecular complexity index is 1010. The lowest BCUT2D eigenvalue weighted by atomic mass is 10.1. The van der Waals surface area contributed by atoms with Crippen LogP contribution in [0.15, 0.2) is 46.5 Å². The van der Waals surface area contributed by atoms with Gasteiger partial charge in [0.1, 0.15) is 5.75 Å². The molecule has 1 aromatic carbocycles. The van der Waals surface area contributed by atoms with E-state index in [4.69, 9.17) is 0 Å². The number of H-pyrrole nitrogens is 1. The summed E-state index contributed by atoms with van der Waals surface area (Å²) in [7, 11) is 0. The van der Waals surface area contributed by atoms with Crippen LogP contribution in [-0.4, -0.2) is 37.1 Å². The number of ketones is 1. The predicted molar refractivity (Wildman–Crippen MR) is 91.2 cm³/mol. The number of carbonyl (C=O) groups excluding carboxylic acids is 1. The number of para-hydroxylation sites is 1. The van der Waals surface area contributed by atoms with Gasteiger partial charge in [0.25, 0.3) is 5.56 Å². The first-order valence-corrected chi connectivity index (χ1v) is 8.12. The maximum Gasteiger partial charge on any atom is 0.279 e. The Balaban J connectivity index is 1.93. The molecule has 3 rings (SSSR count). The van der Waals surface area contributed by atoms with E-state index < -0.39 is 0 Å². The lowest BCUT2D eigenvalue weighted by Gasteiger charge is -2.00. The molecule has 0 aliphatic carbocycles. The maximum absolute atomic E-state index is 12.1. The average molecular weight is 340 g/mol. The summed E-state index contributed by atoms with van der Waals surface area (Å²) in [6, 6.07) is 6.25. The van der Waals surface area contributed by atoms with Crippen LogP contribution in [0.4, 0.5) is 0 Å². The zero-order chi connectivity index (χ0) is 17.1. The highest BCUT2D eigenvalue weighted by atomic mass is 32.2. The van der Waals surface area contributed by atoms with Crippen LogP contribution in [0, 0.1) is 0 Å². The number of carbonyl (C=O) groups is 1. The van der Waals surface area contributed by atoms with E-state index in [1.165, 1.54) is 42.2 Å². The van der Waals surface area contributed by atoms with Gasteiger partial charge in [-0.15, -0.1) is 0 Å². The van der Waals surface area contributed by atoms with Crippen molar-refractivity contribution in [3.8, 4) is 5.75 Å². The Morgan fingerprint density at radius 2 is 2.08 bits per heavy atom. The summed E-state index contributed by atoms with van der Waals surface area (Å²) in [5.41, 5.74) is 0.485. The van der Waals surface area contributed by atoms with E-state index in [1.54, 1.807) is 18.4 Å². The molecule has 0 aliphatic heterocycles. The molecule has 0 fully saturated rings. The molecule has 2 heterocycles. The van der Waals surface area contributed by atoms with Crippen LogP contribution < -0.4 is 5.56 Å². The molecule has 0 spiro atoms. The molecule has 0 unspecified atom stereocenters. The second-order valence-corrected chi connectivity index (χ2v) is 5.55. The number of fused-ring (bicyclic) bond motifs is 1. The summed E-state index contributed by atoms with van der Waals surface area (Å²) in [5, 5.41) is 10.1. The summed E-state index contributed by atoms with van der Waals surface area (Å²) in [6.45, 7) is 0. The zero-order valence-electron chi connectivity index (χ0n) is 12.6.